The van der Waals surface area contributed by atoms with Crippen LogP contribution < -0.4 is 5.32 Å². The lowest BCUT2D eigenvalue weighted by atomic mass is 10.1. The molecule has 1 N–H and O–H groups in total. The third-order valence-electron chi connectivity index (χ3n) is 1.25. The molecule has 0 saturated carbocycles. The summed E-state index contributed by atoms with van der Waals surface area (Å²) in [6.45, 7) is 2.60. The first-order valence-corrected chi connectivity index (χ1v) is 3.03. The lowest BCUT2D eigenvalue weighted by molar-refractivity contribution is -0.151. The molecular weight excluding hydrogens is 140 g/mol. The third-order valence-corrected chi connectivity index (χ3v) is 1.25. The highest BCUT2D eigenvalue weighted by atomic mass is 19.3. The molecule has 0 heterocycles. The Balaban J connectivity index is 4.24. The largest absolute Gasteiger partial charge is 0.354 e. The topological polar surface area (TPSA) is 29.1 Å². The monoisotopic (exact) mass is 151 g/mol. The zero-order chi connectivity index (χ0) is 8.36. The first kappa shape index (κ1) is 9.33. The number of carbonyl (C=O) groups is 1. The molecule has 1 amide bonds. The molecule has 0 aliphatic rings. The average Bonchev–Trinajstić information content (AvgIpc) is 1.86. The van der Waals surface area contributed by atoms with Gasteiger partial charge in [0.1, 0.15) is 0 Å². The predicted octanol–water partition coefficient (Wildman–Crippen LogP) is 1.02. The molecule has 0 rings (SSSR count). The van der Waals surface area contributed by atoms with Gasteiger partial charge in [-0.1, -0.05) is 13.8 Å². The summed E-state index contributed by atoms with van der Waals surface area (Å²) >= 11 is 0. The molecule has 0 bridgehead atoms. The van der Waals surface area contributed by atoms with Gasteiger partial charge in [0, 0.05) is 13.0 Å². The standard InChI is InChI=1S/C6H11F2NO/c1-4(2)6(7,8)5(10)9-3/h4H,1-3H3,(H,9,10). The molecule has 0 spiro atoms. The summed E-state index contributed by atoms with van der Waals surface area (Å²) in [6.07, 6.45) is 0. The molecule has 0 unspecified atom stereocenters. The maximum atomic E-state index is 12.5. The zero-order valence-electron chi connectivity index (χ0n) is 6.24. The highest BCUT2D eigenvalue weighted by molar-refractivity contribution is 5.83. The van der Waals surface area contributed by atoms with E-state index in [4.69, 9.17) is 0 Å². The fraction of sp³-hybridized carbons (Fsp3) is 0.833. The molecule has 0 aromatic rings. The van der Waals surface area contributed by atoms with Crippen LogP contribution in [0.3, 0.4) is 0 Å². The van der Waals surface area contributed by atoms with E-state index in [2.05, 4.69) is 0 Å². The molecular formula is C6H11F2NO. The fourth-order valence-electron chi connectivity index (χ4n) is 0.429. The van der Waals surface area contributed by atoms with Crippen LogP contribution in [0, 0.1) is 5.92 Å². The van der Waals surface area contributed by atoms with Crippen LogP contribution in [0.15, 0.2) is 0 Å². The van der Waals surface area contributed by atoms with Gasteiger partial charge in [0.2, 0.25) is 0 Å². The molecule has 60 valence electrons. The van der Waals surface area contributed by atoms with Gasteiger partial charge in [-0.2, -0.15) is 8.78 Å². The third kappa shape index (κ3) is 1.65. The molecule has 4 heteroatoms. The molecule has 0 aromatic carbocycles. The van der Waals surface area contributed by atoms with Crippen LogP contribution in [0.2, 0.25) is 0 Å². The number of hydrogen-bond donors (Lipinski definition) is 1. The quantitative estimate of drug-likeness (QED) is 0.627. The van der Waals surface area contributed by atoms with Crippen LogP contribution in [0.4, 0.5) is 8.78 Å². The van der Waals surface area contributed by atoms with Crippen molar-refractivity contribution in [1.29, 1.82) is 0 Å². The van der Waals surface area contributed by atoms with Crippen molar-refractivity contribution in [3.63, 3.8) is 0 Å². The molecule has 10 heavy (non-hydrogen) atoms. The van der Waals surface area contributed by atoms with Crippen LogP contribution in [-0.2, 0) is 4.79 Å². The molecule has 0 radical (unpaired) electrons. The highest BCUT2D eigenvalue weighted by Crippen LogP contribution is 2.23. The normalized spacial score (nSPS) is 11.8. The Labute approximate surface area is 58.6 Å². The van der Waals surface area contributed by atoms with Gasteiger partial charge < -0.3 is 5.32 Å². The molecule has 0 atom stereocenters. The van der Waals surface area contributed by atoms with Crippen molar-refractivity contribution in [2.45, 2.75) is 19.8 Å². The number of halogens is 2. The van der Waals surface area contributed by atoms with Crippen molar-refractivity contribution in [2.24, 2.45) is 5.92 Å². The molecule has 0 aliphatic heterocycles. The van der Waals surface area contributed by atoms with Gasteiger partial charge in [0.15, 0.2) is 0 Å². The van der Waals surface area contributed by atoms with Gasteiger partial charge in [-0.15, -0.1) is 0 Å². The second-order valence-electron chi connectivity index (χ2n) is 2.36. The van der Waals surface area contributed by atoms with Crippen LogP contribution in [-0.4, -0.2) is 18.9 Å². The van der Waals surface area contributed by atoms with E-state index in [-0.39, 0.29) is 0 Å². The lowest BCUT2D eigenvalue weighted by Gasteiger charge is -2.17. The molecule has 0 saturated heterocycles. The summed E-state index contributed by atoms with van der Waals surface area (Å²) in [5.74, 6) is -5.41. The fourth-order valence-corrected chi connectivity index (χ4v) is 0.429. The van der Waals surface area contributed by atoms with E-state index < -0.39 is 17.7 Å². The first-order chi connectivity index (χ1) is 4.42. The average molecular weight is 151 g/mol. The summed E-state index contributed by atoms with van der Waals surface area (Å²) in [4.78, 5) is 10.4. The van der Waals surface area contributed by atoms with Gasteiger partial charge >= 0.3 is 5.92 Å². The summed E-state index contributed by atoms with van der Waals surface area (Å²) < 4.78 is 25.1. The minimum Gasteiger partial charge on any atom is -0.354 e. The van der Waals surface area contributed by atoms with Gasteiger partial charge in [-0.05, 0) is 0 Å². The Hall–Kier alpha value is -0.670. The minimum atomic E-state index is -3.24. The molecule has 0 aliphatic carbocycles. The van der Waals surface area contributed by atoms with E-state index in [0.29, 0.717) is 0 Å². The van der Waals surface area contributed by atoms with Crippen molar-refractivity contribution in [3.05, 3.63) is 0 Å². The van der Waals surface area contributed by atoms with E-state index in [1.807, 2.05) is 5.32 Å². The number of carbonyl (C=O) groups excluding carboxylic acids is 1. The predicted molar refractivity (Wildman–Crippen MR) is 33.9 cm³/mol. The van der Waals surface area contributed by atoms with Gasteiger partial charge in [0.25, 0.3) is 5.91 Å². The Morgan fingerprint density at radius 3 is 2.00 bits per heavy atom. The van der Waals surface area contributed by atoms with Crippen LogP contribution in [0.5, 0.6) is 0 Å². The summed E-state index contributed by atoms with van der Waals surface area (Å²) in [6, 6.07) is 0. The van der Waals surface area contributed by atoms with Gasteiger partial charge in [-0.25, -0.2) is 0 Å². The zero-order valence-corrected chi connectivity index (χ0v) is 6.24. The van der Waals surface area contributed by atoms with E-state index in [0.717, 1.165) is 0 Å². The molecule has 0 fully saturated rings. The second kappa shape index (κ2) is 2.94. The number of hydrogen-bond acceptors (Lipinski definition) is 1. The SMILES string of the molecule is CNC(=O)C(F)(F)C(C)C. The summed E-state index contributed by atoms with van der Waals surface area (Å²) in [5, 5.41) is 1.90. The van der Waals surface area contributed by atoms with Crippen LogP contribution in [0.1, 0.15) is 13.8 Å². The van der Waals surface area contributed by atoms with E-state index in [1.54, 1.807) is 0 Å². The van der Waals surface area contributed by atoms with Crippen molar-refractivity contribution in [1.82, 2.24) is 5.32 Å². The van der Waals surface area contributed by atoms with E-state index >= 15 is 0 Å². The minimum absolute atomic E-state index is 0.951. The first-order valence-electron chi connectivity index (χ1n) is 3.03. The van der Waals surface area contributed by atoms with Crippen molar-refractivity contribution < 1.29 is 13.6 Å². The van der Waals surface area contributed by atoms with E-state index in [9.17, 15) is 13.6 Å². The molecule has 0 aromatic heterocycles. The maximum Gasteiger partial charge on any atom is 0.326 e. The summed E-state index contributed by atoms with van der Waals surface area (Å²) in [7, 11) is 1.19. The van der Waals surface area contributed by atoms with Crippen LogP contribution in [0.25, 0.3) is 0 Å². The van der Waals surface area contributed by atoms with Crippen LogP contribution >= 0.6 is 0 Å². The lowest BCUT2D eigenvalue weighted by Crippen LogP contribution is -2.41. The van der Waals surface area contributed by atoms with E-state index in [1.165, 1.54) is 20.9 Å². The highest BCUT2D eigenvalue weighted by Gasteiger charge is 2.41. The maximum absolute atomic E-state index is 12.5. The number of alkyl halides is 2. The van der Waals surface area contributed by atoms with Crippen molar-refractivity contribution >= 4 is 5.91 Å². The number of amides is 1. The van der Waals surface area contributed by atoms with Crippen molar-refractivity contribution in [2.75, 3.05) is 7.05 Å². The Morgan fingerprint density at radius 2 is 1.90 bits per heavy atom. The Bertz CT molecular complexity index is 134. The summed E-state index contributed by atoms with van der Waals surface area (Å²) in [5.41, 5.74) is 0. The Kier molecular flexibility index (Phi) is 2.75. The Morgan fingerprint density at radius 1 is 1.50 bits per heavy atom. The smallest absolute Gasteiger partial charge is 0.326 e. The number of nitrogens with one attached hydrogen (secondary N) is 1. The van der Waals surface area contributed by atoms with Gasteiger partial charge in [0.05, 0.1) is 0 Å². The second-order valence-corrected chi connectivity index (χ2v) is 2.36. The molecule has 2 nitrogen and oxygen atoms in total. The van der Waals surface area contributed by atoms with Gasteiger partial charge in [-0.3, -0.25) is 4.79 Å². The number of rotatable bonds is 2. The van der Waals surface area contributed by atoms with Crippen molar-refractivity contribution in [3.8, 4) is 0 Å².